The van der Waals surface area contributed by atoms with Gasteiger partial charge in [-0.1, -0.05) is 18.2 Å². The van der Waals surface area contributed by atoms with E-state index in [1.165, 1.54) is 16.5 Å². The molecule has 0 fully saturated rings. The third kappa shape index (κ3) is 2.15. The molecule has 1 aliphatic heterocycles. The van der Waals surface area contributed by atoms with Crippen LogP contribution in [0.5, 0.6) is 0 Å². The SMILES string of the molecule is CC1=C(C)[C@@H](O)N(CCc2c(C)[nH]c3c(C)cccc23)C1=O. The summed E-state index contributed by atoms with van der Waals surface area (Å²) in [6.07, 6.45) is -0.0432. The number of nitrogens with zero attached hydrogens (tertiary/aromatic N) is 1. The summed E-state index contributed by atoms with van der Waals surface area (Å²) in [4.78, 5) is 17.2. The Morgan fingerprint density at radius 2 is 1.95 bits per heavy atom. The minimum Gasteiger partial charge on any atom is -0.369 e. The maximum Gasteiger partial charge on any atom is 0.251 e. The van der Waals surface area contributed by atoms with Crippen LogP contribution in [0.4, 0.5) is 0 Å². The molecular weight excluding hydrogens is 276 g/mol. The molecule has 1 aromatic carbocycles. The topological polar surface area (TPSA) is 56.3 Å². The number of aliphatic hydroxyl groups excluding tert-OH is 1. The number of amides is 1. The van der Waals surface area contributed by atoms with E-state index in [0.717, 1.165) is 23.2 Å². The summed E-state index contributed by atoms with van der Waals surface area (Å²) >= 11 is 0. The number of nitrogens with one attached hydrogen (secondary N) is 1. The predicted molar refractivity (Wildman–Crippen MR) is 87.6 cm³/mol. The summed E-state index contributed by atoms with van der Waals surface area (Å²) < 4.78 is 0. The fraction of sp³-hybridized carbons (Fsp3) is 0.389. The van der Waals surface area contributed by atoms with Crippen molar-refractivity contribution in [1.29, 1.82) is 0 Å². The molecule has 0 spiro atoms. The zero-order chi connectivity index (χ0) is 16.0. The van der Waals surface area contributed by atoms with Crippen molar-refractivity contribution < 1.29 is 9.90 Å². The molecule has 0 radical (unpaired) electrons. The molecule has 2 aromatic rings. The molecule has 0 unspecified atom stereocenters. The molecular formula is C18H22N2O2. The molecule has 1 aromatic heterocycles. The van der Waals surface area contributed by atoms with Gasteiger partial charge in [-0.2, -0.15) is 0 Å². The van der Waals surface area contributed by atoms with Crippen molar-refractivity contribution in [2.45, 2.75) is 40.3 Å². The monoisotopic (exact) mass is 298 g/mol. The largest absolute Gasteiger partial charge is 0.369 e. The van der Waals surface area contributed by atoms with E-state index in [-0.39, 0.29) is 5.91 Å². The molecule has 1 atom stereocenters. The number of fused-ring (bicyclic) bond motifs is 1. The highest BCUT2D eigenvalue weighted by atomic mass is 16.3. The van der Waals surface area contributed by atoms with Crippen molar-refractivity contribution in [3.8, 4) is 0 Å². The molecule has 2 N–H and O–H groups in total. The van der Waals surface area contributed by atoms with Crippen molar-refractivity contribution in [2.75, 3.05) is 6.54 Å². The second-order valence-electron chi connectivity index (χ2n) is 6.16. The Morgan fingerprint density at radius 1 is 1.23 bits per heavy atom. The molecule has 0 saturated carbocycles. The lowest BCUT2D eigenvalue weighted by Crippen LogP contribution is -2.36. The van der Waals surface area contributed by atoms with Crippen LogP contribution >= 0.6 is 0 Å². The van der Waals surface area contributed by atoms with E-state index in [9.17, 15) is 9.90 Å². The third-order valence-corrected chi connectivity index (χ3v) is 4.82. The van der Waals surface area contributed by atoms with Gasteiger partial charge in [0, 0.05) is 28.7 Å². The maximum atomic E-state index is 12.2. The van der Waals surface area contributed by atoms with E-state index in [4.69, 9.17) is 0 Å². The molecule has 4 heteroatoms. The molecule has 116 valence electrons. The average Bonchev–Trinajstić information content (AvgIpc) is 2.90. The van der Waals surface area contributed by atoms with Crippen LogP contribution in [0.3, 0.4) is 0 Å². The lowest BCUT2D eigenvalue weighted by Gasteiger charge is -2.22. The number of benzene rings is 1. The van der Waals surface area contributed by atoms with Crippen LogP contribution in [0.2, 0.25) is 0 Å². The maximum absolute atomic E-state index is 12.2. The number of hydrogen-bond acceptors (Lipinski definition) is 2. The molecule has 0 saturated heterocycles. The second-order valence-corrected chi connectivity index (χ2v) is 6.16. The fourth-order valence-electron chi connectivity index (χ4n) is 3.25. The number of hydrogen-bond donors (Lipinski definition) is 2. The second kappa shape index (κ2) is 5.29. The Hall–Kier alpha value is -2.07. The van der Waals surface area contributed by atoms with Crippen molar-refractivity contribution in [1.82, 2.24) is 9.88 Å². The van der Waals surface area contributed by atoms with Gasteiger partial charge in [0.05, 0.1) is 0 Å². The van der Waals surface area contributed by atoms with E-state index >= 15 is 0 Å². The molecule has 1 aliphatic rings. The van der Waals surface area contributed by atoms with Crippen LogP contribution < -0.4 is 0 Å². The Morgan fingerprint density at radius 3 is 2.59 bits per heavy atom. The van der Waals surface area contributed by atoms with Crippen LogP contribution in [-0.4, -0.2) is 33.7 Å². The number of aromatic amines is 1. The average molecular weight is 298 g/mol. The van der Waals surface area contributed by atoms with Gasteiger partial charge >= 0.3 is 0 Å². The summed E-state index contributed by atoms with van der Waals surface area (Å²) in [5.74, 6) is -0.0568. The Bertz CT molecular complexity index is 786. The minimum absolute atomic E-state index is 0.0568. The van der Waals surface area contributed by atoms with E-state index in [1.807, 2.05) is 6.92 Å². The molecule has 2 heterocycles. The summed E-state index contributed by atoms with van der Waals surface area (Å²) in [7, 11) is 0. The first-order chi connectivity index (χ1) is 10.4. The number of para-hydroxylation sites is 1. The fourth-order valence-corrected chi connectivity index (χ4v) is 3.25. The number of aromatic nitrogens is 1. The quantitative estimate of drug-likeness (QED) is 0.915. The molecule has 3 rings (SSSR count). The predicted octanol–water partition coefficient (Wildman–Crippen LogP) is 2.82. The Kier molecular flexibility index (Phi) is 3.57. The van der Waals surface area contributed by atoms with E-state index in [1.54, 1.807) is 11.8 Å². The van der Waals surface area contributed by atoms with Crippen LogP contribution in [0, 0.1) is 13.8 Å². The van der Waals surface area contributed by atoms with E-state index in [2.05, 4.69) is 37.0 Å². The number of aryl methyl sites for hydroxylation is 2. The van der Waals surface area contributed by atoms with Crippen molar-refractivity contribution >= 4 is 16.8 Å². The standard InChI is InChI=1S/C18H22N2O2/c1-10-6-5-7-15-14(13(4)19-16(10)15)8-9-20-17(21)11(2)12(3)18(20)22/h5-7,17,19,21H,8-9H2,1-4H3/t17-/m1/s1. The highest BCUT2D eigenvalue weighted by molar-refractivity contribution is 5.96. The molecule has 0 bridgehead atoms. The van der Waals surface area contributed by atoms with Gasteiger partial charge in [0.1, 0.15) is 0 Å². The molecule has 0 aliphatic carbocycles. The summed E-state index contributed by atoms with van der Waals surface area (Å²) in [6, 6.07) is 6.25. The highest BCUT2D eigenvalue weighted by Gasteiger charge is 2.33. The Labute approximate surface area is 130 Å². The van der Waals surface area contributed by atoms with Gasteiger partial charge in [0.2, 0.25) is 0 Å². The van der Waals surface area contributed by atoms with Gasteiger partial charge in [-0.25, -0.2) is 0 Å². The number of carbonyl (C=O) groups excluding carboxylic acids is 1. The van der Waals surface area contributed by atoms with Crippen LogP contribution in [0.15, 0.2) is 29.3 Å². The smallest absolute Gasteiger partial charge is 0.251 e. The molecule has 4 nitrogen and oxygen atoms in total. The zero-order valence-electron chi connectivity index (χ0n) is 13.5. The van der Waals surface area contributed by atoms with Crippen molar-refractivity contribution in [2.24, 2.45) is 0 Å². The summed E-state index contributed by atoms with van der Waals surface area (Å²) in [6.45, 7) is 8.27. The number of aliphatic hydroxyl groups is 1. The van der Waals surface area contributed by atoms with Gasteiger partial charge in [-0.05, 0) is 50.8 Å². The van der Waals surface area contributed by atoms with Gasteiger partial charge in [-0.3, -0.25) is 4.79 Å². The normalized spacial score (nSPS) is 18.9. The van der Waals surface area contributed by atoms with E-state index in [0.29, 0.717) is 12.1 Å². The van der Waals surface area contributed by atoms with Crippen molar-refractivity contribution in [3.05, 3.63) is 46.2 Å². The minimum atomic E-state index is -0.778. The first-order valence-electron chi connectivity index (χ1n) is 7.65. The van der Waals surface area contributed by atoms with Crippen LogP contribution in [0.1, 0.15) is 30.7 Å². The van der Waals surface area contributed by atoms with Crippen molar-refractivity contribution in [3.63, 3.8) is 0 Å². The Balaban J connectivity index is 1.85. The van der Waals surface area contributed by atoms with Gasteiger partial charge in [0.25, 0.3) is 5.91 Å². The molecule has 1 amide bonds. The lowest BCUT2D eigenvalue weighted by molar-refractivity contribution is -0.131. The third-order valence-electron chi connectivity index (χ3n) is 4.82. The summed E-state index contributed by atoms with van der Waals surface area (Å²) in [5, 5.41) is 11.4. The zero-order valence-corrected chi connectivity index (χ0v) is 13.5. The number of rotatable bonds is 3. The van der Waals surface area contributed by atoms with Gasteiger partial charge in [0.15, 0.2) is 6.23 Å². The van der Waals surface area contributed by atoms with E-state index < -0.39 is 6.23 Å². The lowest BCUT2D eigenvalue weighted by atomic mass is 10.1. The summed E-state index contributed by atoms with van der Waals surface area (Å²) in [5.41, 5.74) is 6.16. The first kappa shape index (κ1) is 14.9. The van der Waals surface area contributed by atoms with Crippen LogP contribution in [0.25, 0.3) is 10.9 Å². The number of carbonyl (C=O) groups is 1. The first-order valence-corrected chi connectivity index (χ1v) is 7.65. The number of H-pyrrole nitrogens is 1. The van der Waals surface area contributed by atoms with Gasteiger partial charge in [-0.15, -0.1) is 0 Å². The van der Waals surface area contributed by atoms with Gasteiger partial charge < -0.3 is 15.0 Å². The molecule has 22 heavy (non-hydrogen) atoms. The van der Waals surface area contributed by atoms with Crippen LogP contribution in [-0.2, 0) is 11.2 Å². The highest BCUT2D eigenvalue weighted by Crippen LogP contribution is 2.27.